The normalized spacial score (nSPS) is 12.3. The fourth-order valence-electron chi connectivity index (χ4n) is 8.00. The van der Waals surface area contributed by atoms with Crippen LogP contribution in [0.3, 0.4) is 0 Å². The van der Waals surface area contributed by atoms with E-state index in [0.717, 1.165) is 0 Å². The van der Waals surface area contributed by atoms with Crippen LogP contribution in [0.2, 0.25) is 0 Å². The molecule has 198 valence electrons. The summed E-state index contributed by atoms with van der Waals surface area (Å²) in [5, 5.41) is 18.5. The quantitative estimate of drug-likeness (QED) is 0.172. The molecule has 0 aliphatic rings. The largest absolute Gasteiger partial charge is 0.0622 e. The van der Waals surface area contributed by atoms with Crippen molar-refractivity contribution in [2.45, 2.75) is 0 Å². The van der Waals surface area contributed by atoms with E-state index in [0.29, 0.717) is 0 Å². The summed E-state index contributed by atoms with van der Waals surface area (Å²) in [7, 11) is 0. The lowest BCUT2D eigenvalue weighted by atomic mass is 9.87. The average Bonchev–Trinajstić information content (AvgIpc) is 3.59. The molecule has 0 amide bonds. The predicted molar refractivity (Wildman–Crippen MR) is 190 cm³/mol. The van der Waals surface area contributed by atoms with Crippen LogP contribution in [0.4, 0.5) is 0 Å². The minimum absolute atomic E-state index is 1.17. The Kier molecular flexibility index (Phi) is 4.68. The van der Waals surface area contributed by atoms with Crippen molar-refractivity contribution in [3.63, 3.8) is 0 Å². The summed E-state index contributed by atoms with van der Waals surface area (Å²) in [6.45, 7) is 0. The van der Waals surface area contributed by atoms with Crippen molar-refractivity contribution >= 4 is 91.3 Å². The number of hydrogen-bond donors (Lipinski definition) is 0. The fraction of sp³-hybridized carbons (Fsp3) is 0. The lowest BCUT2D eigenvalue weighted by molar-refractivity contribution is 1.68. The van der Waals surface area contributed by atoms with Gasteiger partial charge in [-0.1, -0.05) is 140 Å². The van der Waals surface area contributed by atoms with Gasteiger partial charge in [0.05, 0.1) is 0 Å². The topological polar surface area (TPSA) is 0 Å². The SMILES string of the molecule is Brc1c2ccccc2c2c3c(-c4ccccc4)c4c5cccc6cccc(c4c(-c4ccccc4)c3c3cccc1c32)c65. The summed E-state index contributed by atoms with van der Waals surface area (Å²) < 4.78 is 1.17. The van der Waals surface area contributed by atoms with Gasteiger partial charge in [-0.15, -0.1) is 0 Å². The monoisotopic (exact) mass is 606 g/mol. The van der Waals surface area contributed by atoms with Crippen molar-refractivity contribution in [3.8, 4) is 22.3 Å². The molecule has 1 heteroatoms. The number of benzene rings is 8. The Labute approximate surface area is 256 Å². The molecule has 0 bridgehead atoms. The zero-order valence-electron chi connectivity index (χ0n) is 23.2. The van der Waals surface area contributed by atoms with Crippen molar-refractivity contribution in [2.75, 3.05) is 0 Å². The van der Waals surface area contributed by atoms with Gasteiger partial charge in [-0.3, -0.25) is 0 Å². The van der Waals surface area contributed by atoms with Crippen molar-refractivity contribution in [1.29, 1.82) is 0 Å². The first-order valence-electron chi connectivity index (χ1n) is 14.8. The summed E-state index contributed by atoms with van der Waals surface area (Å²) in [5.41, 5.74) is 5.18. The first kappa shape index (κ1) is 23.6. The predicted octanol–water partition coefficient (Wildman–Crippen LogP) is 12.7. The van der Waals surface area contributed by atoms with E-state index in [1.807, 2.05) is 0 Å². The molecule has 0 N–H and O–H groups in total. The molecular weight excluding hydrogens is 584 g/mol. The molecule has 0 aliphatic carbocycles. The molecule has 0 unspecified atom stereocenters. The molecule has 0 fully saturated rings. The highest BCUT2D eigenvalue weighted by Crippen LogP contribution is 2.57. The van der Waals surface area contributed by atoms with E-state index in [1.165, 1.54) is 102 Å². The van der Waals surface area contributed by atoms with Gasteiger partial charge in [-0.2, -0.15) is 0 Å². The van der Waals surface area contributed by atoms with Crippen LogP contribution < -0.4 is 0 Å². The highest BCUT2D eigenvalue weighted by molar-refractivity contribution is 9.10. The average molecular weight is 608 g/mol. The molecule has 10 aromatic rings. The molecule has 0 saturated heterocycles. The van der Waals surface area contributed by atoms with E-state index < -0.39 is 0 Å². The second-order valence-electron chi connectivity index (χ2n) is 11.7. The smallest absolute Gasteiger partial charge is 0.0332 e. The van der Waals surface area contributed by atoms with Crippen molar-refractivity contribution in [2.24, 2.45) is 0 Å². The van der Waals surface area contributed by atoms with Crippen molar-refractivity contribution in [3.05, 3.63) is 144 Å². The van der Waals surface area contributed by atoms with Crippen LogP contribution >= 0.6 is 15.9 Å². The zero-order chi connectivity index (χ0) is 28.2. The Bertz CT molecular complexity index is 2700. The van der Waals surface area contributed by atoms with Crippen LogP contribution in [0, 0.1) is 0 Å². The Morgan fingerprint density at radius 1 is 0.279 bits per heavy atom. The molecular formula is C42H23Br. The van der Waals surface area contributed by atoms with Gasteiger partial charge < -0.3 is 0 Å². The lowest BCUT2D eigenvalue weighted by Crippen LogP contribution is -1.88. The summed E-state index contributed by atoms with van der Waals surface area (Å²) in [4.78, 5) is 0. The van der Waals surface area contributed by atoms with Gasteiger partial charge in [-0.25, -0.2) is 0 Å². The molecule has 0 heterocycles. The van der Waals surface area contributed by atoms with Crippen LogP contribution in [0.1, 0.15) is 0 Å². The summed E-state index contributed by atoms with van der Waals surface area (Å²) in [5.74, 6) is 0. The zero-order valence-corrected chi connectivity index (χ0v) is 24.7. The second kappa shape index (κ2) is 8.53. The van der Waals surface area contributed by atoms with E-state index in [1.54, 1.807) is 0 Å². The van der Waals surface area contributed by atoms with Gasteiger partial charge in [0.1, 0.15) is 0 Å². The maximum absolute atomic E-state index is 4.04. The third-order valence-corrected chi connectivity index (χ3v) is 10.4. The number of rotatable bonds is 2. The van der Waals surface area contributed by atoms with Gasteiger partial charge in [0.2, 0.25) is 0 Å². The van der Waals surface area contributed by atoms with Gasteiger partial charge in [0.25, 0.3) is 0 Å². The fourth-order valence-corrected chi connectivity index (χ4v) is 8.67. The van der Waals surface area contributed by atoms with E-state index in [9.17, 15) is 0 Å². The number of halogens is 1. The molecule has 0 saturated carbocycles. The van der Waals surface area contributed by atoms with Crippen LogP contribution in [0.25, 0.3) is 97.7 Å². The molecule has 0 nitrogen and oxygen atoms in total. The Morgan fingerprint density at radius 3 is 1.35 bits per heavy atom. The Balaban J connectivity index is 1.66. The Hall–Kier alpha value is -4.98. The first-order chi connectivity index (χ1) is 21.3. The van der Waals surface area contributed by atoms with E-state index in [4.69, 9.17) is 0 Å². The molecule has 0 radical (unpaired) electrons. The van der Waals surface area contributed by atoms with E-state index >= 15 is 0 Å². The highest BCUT2D eigenvalue weighted by atomic mass is 79.9. The third-order valence-electron chi connectivity index (χ3n) is 9.57. The minimum Gasteiger partial charge on any atom is -0.0622 e. The van der Waals surface area contributed by atoms with Crippen molar-refractivity contribution in [1.82, 2.24) is 0 Å². The van der Waals surface area contributed by atoms with Gasteiger partial charge in [0.15, 0.2) is 0 Å². The third kappa shape index (κ3) is 2.95. The number of hydrogen-bond acceptors (Lipinski definition) is 0. The molecule has 10 rings (SSSR count). The van der Waals surface area contributed by atoms with Gasteiger partial charge in [0, 0.05) is 4.47 Å². The Morgan fingerprint density at radius 2 is 0.721 bits per heavy atom. The van der Waals surface area contributed by atoms with Crippen molar-refractivity contribution < 1.29 is 0 Å². The summed E-state index contributed by atoms with van der Waals surface area (Å²) in [6.07, 6.45) is 0. The summed E-state index contributed by atoms with van der Waals surface area (Å²) in [6, 6.07) is 51.5. The van der Waals surface area contributed by atoms with Crippen LogP contribution in [0.15, 0.2) is 144 Å². The molecule has 0 spiro atoms. The van der Waals surface area contributed by atoms with E-state index in [-0.39, 0.29) is 0 Å². The van der Waals surface area contributed by atoms with Crippen LogP contribution in [0.5, 0.6) is 0 Å². The summed E-state index contributed by atoms with van der Waals surface area (Å²) >= 11 is 4.04. The molecule has 43 heavy (non-hydrogen) atoms. The molecule has 0 aromatic heterocycles. The van der Waals surface area contributed by atoms with Gasteiger partial charge >= 0.3 is 0 Å². The minimum atomic E-state index is 1.17. The van der Waals surface area contributed by atoms with E-state index in [2.05, 4.69) is 155 Å². The standard InChI is InChI=1S/C42H23Br/c43-42-28-19-8-7-18-27(28)37-36-31(22-11-23-32(36)42)40-34(25-12-3-1-4-13-25)38-29-20-9-16-24-17-10-21-30(33(24)29)39(38)35(41(37)40)26-14-5-2-6-15-26/h1-23H. The highest BCUT2D eigenvalue weighted by Gasteiger charge is 2.28. The first-order valence-corrected chi connectivity index (χ1v) is 15.6. The molecule has 0 atom stereocenters. The second-order valence-corrected chi connectivity index (χ2v) is 12.4. The van der Waals surface area contributed by atoms with Crippen LogP contribution in [-0.2, 0) is 0 Å². The number of fused-ring (bicyclic) bond motifs is 8. The van der Waals surface area contributed by atoms with Gasteiger partial charge in [-0.05, 0) is 114 Å². The van der Waals surface area contributed by atoms with Crippen LogP contribution in [-0.4, -0.2) is 0 Å². The maximum atomic E-state index is 4.04. The maximum Gasteiger partial charge on any atom is 0.0332 e. The molecule has 0 aliphatic heterocycles. The lowest BCUT2D eigenvalue weighted by Gasteiger charge is -2.16. The molecule has 10 aromatic carbocycles.